The first kappa shape index (κ1) is 12.0. The quantitative estimate of drug-likeness (QED) is 0.777. The van der Waals surface area contributed by atoms with Gasteiger partial charge in [-0.25, -0.2) is 8.78 Å². The van der Waals surface area contributed by atoms with Gasteiger partial charge in [0, 0.05) is 24.2 Å². The zero-order chi connectivity index (χ0) is 12.8. The summed E-state index contributed by atoms with van der Waals surface area (Å²) in [5.74, 6) is -3.65. The molecule has 1 aliphatic heterocycles. The minimum absolute atomic E-state index is 0.00523. The van der Waals surface area contributed by atoms with Gasteiger partial charge in [-0.05, 0) is 17.7 Å². The highest BCUT2D eigenvalue weighted by atomic mass is 19.3. The molecule has 0 saturated carbocycles. The lowest BCUT2D eigenvalue weighted by molar-refractivity contribution is -0.117. The normalized spacial score (nSPS) is 15.6. The van der Waals surface area contributed by atoms with Crippen LogP contribution in [0.5, 0.6) is 0 Å². The summed E-state index contributed by atoms with van der Waals surface area (Å²) < 4.78 is 27.7. The average Bonchev–Trinajstić information content (AvgIpc) is 2.54. The van der Waals surface area contributed by atoms with Gasteiger partial charge in [0.15, 0.2) is 0 Å². The van der Waals surface area contributed by atoms with E-state index < -0.39 is 11.8 Å². The molecule has 0 aromatic heterocycles. The van der Waals surface area contributed by atoms with E-state index in [4.69, 9.17) is 0 Å². The molecule has 0 atom stereocenters. The second-order valence-corrected chi connectivity index (χ2v) is 4.75. The molecular formula is C13H15F2NO. The Morgan fingerprint density at radius 1 is 1.35 bits per heavy atom. The number of rotatable bonds is 2. The van der Waals surface area contributed by atoms with Crippen LogP contribution in [0.25, 0.3) is 0 Å². The highest BCUT2D eigenvalue weighted by molar-refractivity contribution is 6.00. The number of amides is 1. The molecule has 4 heteroatoms. The first-order chi connectivity index (χ1) is 7.84. The summed E-state index contributed by atoms with van der Waals surface area (Å²) in [6, 6.07) is 4.47. The Balaban J connectivity index is 2.43. The molecule has 1 amide bonds. The van der Waals surface area contributed by atoms with Gasteiger partial charge < -0.3 is 4.90 Å². The molecule has 0 bridgehead atoms. The highest BCUT2D eigenvalue weighted by Crippen LogP contribution is 2.38. The summed E-state index contributed by atoms with van der Waals surface area (Å²) in [7, 11) is 1.66. The van der Waals surface area contributed by atoms with Crippen molar-refractivity contribution in [3.8, 4) is 0 Å². The lowest BCUT2D eigenvalue weighted by Crippen LogP contribution is -2.21. The van der Waals surface area contributed by atoms with E-state index in [1.54, 1.807) is 13.1 Å². The predicted octanol–water partition coefficient (Wildman–Crippen LogP) is 2.95. The van der Waals surface area contributed by atoms with E-state index in [2.05, 4.69) is 0 Å². The van der Waals surface area contributed by atoms with Crippen molar-refractivity contribution >= 4 is 11.6 Å². The fourth-order valence-electron chi connectivity index (χ4n) is 2.01. The molecule has 2 nitrogen and oxygen atoms in total. The summed E-state index contributed by atoms with van der Waals surface area (Å²) in [5, 5.41) is 0. The van der Waals surface area contributed by atoms with E-state index >= 15 is 0 Å². The van der Waals surface area contributed by atoms with Crippen LogP contribution in [0.2, 0.25) is 0 Å². The van der Waals surface area contributed by atoms with Crippen molar-refractivity contribution in [1.82, 2.24) is 0 Å². The lowest BCUT2D eigenvalue weighted by atomic mass is 9.95. The third-order valence-electron chi connectivity index (χ3n) is 3.27. The molecule has 0 spiro atoms. The van der Waals surface area contributed by atoms with Crippen molar-refractivity contribution in [2.24, 2.45) is 5.92 Å². The molecule has 1 heterocycles. The number of likely N-dealkylation sites (N-methyl/N-ethyl adjacent to an activating group) is 1. The summed E-state index contributed by atoms with van der Waals surface area (Å²) in [5.41, 5.74) is 1.42. The second kappa shape index (κ2) is 3.79. The van der Waals surface area contributed by atoms with Crippen LogP contribution in [0.15, 0.2) is 18.2 Å². The number of alkyl halides is 2. The van der Waals surface area contributed by atoms with Crippen LogP contribution in [0.1, 0.15) is 25.0 Å². The highest BCUT2D eigenvalue weighted by Gasteiger charge is 2.37. The maximum atomic E-state index is 13.8. The molecule has 1 aromatic carbocycles. The monoisotopic (exact) mass is 239 g/mol. The molecule has 92 valence electrons. The molecule has 0 saturated heterocycles. The third-order valence-corrected chi connectivity index (χ3v) is 3.27. The Morgan fingerprint density at radius 2 is 2.00 bits per heavy atom. The maximum Gasteiger partial charge on any atom is 0.275 e. The number of fused-ring (bicyclic) bond motifs is 1. The number of hydrogen-bond donors (Lipinski definition) is 0. The molecule has 1 aromatic rings. The molecule has 17 heavy (non-hydrogen) atoms. The number of carbonyl (C=O) groups excluding carboxylic acids is 1. The van der Waals surface area contributed by atoms with E-state index in [1.165, 1.54) is 30.9 Å². The molecule has 0 radical (unpaired) electrons. The standard InChI is InChI=1S/C13H15F2NO/c1-8(2)13(14,15)10-4-5-11-9(6-10)7-12(17)16(11)3/h4-6,8H,7H2,1-3H3. The minimum Gasteiger partial charge on any atom is -0.315 e. The minimum atomic E-state index is -2.85. The van der Waals surface area contributed by atoms with Gasteiger partial charge in [-0.2, -0.15) is 0 Å². The number of nitrogens with zero attached hydrogens (tertiary/aromatic N) is 1. The number of anilines is 1. The first-order valence-corrected chi connectivity index (χ1v) is 5.62. The zero-order valence-corrected chi connectivity index (χ0v) is 10.1. The summed E-state index contributed by atoms with van der Waals surface area (Å²) in [6.45, 7) is 2.98. The molecule has 0 unspecified atom stereocenters. The van der Waals surface area contributed by atoms with Gasteiger partial charge in [-0.3, -0.25) is 4.79 Å². The van der Waals surface area contributed by atoms with E-state index in [-0.39, 0.29) is 17.9 Å². The average molecular weight is 239 g/mol. The van der Waals surface area contributed by atoms with Crippen molar-refractivity contribution in [3.63, 3.8) is 0 Å². The van der Waals surface area contributed by atoms with Crippen LogP contribution >= 0.6 is 0 Å². The van der Waals surface area contributed by atoms with Gasteiger partial charge >= 0.3 is 0 Å². The summed E-state index contributed by atoms with van der Waals surface area (Å²) >= 11 is 0. The lowest BCUT2D eigenvalue weighted by Gasteiger charge is -2.21. The zero-order valence-electron chi connectivity index (χ0n) is 10.1. The topological polar surface area (TPSA) is 20.3 Å². The Morgan fingerprint density at radius 3 is 2.59 bits per heavy atom. The van der Waals surface area contributed by atoms with E-state index in [0.717, 1.165) is 5.69 Å². The van der Waals surface area contributed by atoms with Crippen molar-refractivity contribution in [1.29, 1.82) is 0 Å². The fraction of sp³-hybridized carbons (Fsp3) is 0.462. The van der Waals surface area contributed by atoms with Crippen LogP contribution in [0, 0.1) is 5.92 Å². The van der Waals surface area contributed by atoms with Crippen LogP contribution in [0.3, 0.4) is 0 Å². The molecule has 0 fully saturated rings. The molecule has 2 rings (SSSR count). The van der Waals surface area contributed by atoms with E-state index in [0.29, 0.717) is 5.56 Å². The van der Waals surface area contributed by atoms with Crippen LogP contribution in [-0.2, 0) is 17.1 Å². The van der Waals surface area contributed by atoms with Crippen molar-refractivity contribution in [3.05, 3.63) is 29.3 Å². The Bertz CT molecular complexity index is 468. The largest absolute Gasteiger partial charge is 0.315 e. The predicted molar refractivity (Wildman–Crippen MR) is 62.3 cm³/mol. The fourth-order valence-corrected chi connectivity index (χ4v) is 2.01. The molecule has 0 aliphatic carbocycles. The Labute approximate surface area is 99.2 Å². The Hall–Kier alpha value is -1.45. The van der Waals surface area contributed by atoms with Gasteiger partial charge in [0.2, 0.25) is 5.91 Å². The van der Waals surface area contributed by atoms with Gasteiger partial charge in [-0.1, -0.05) is 19.9 Å². The van der Waals surface area contributed by atoms with Crippen molar-refractivity contribution in [2.45, 2.75) is 26.2 Å². The van der Waals surface area contributed by atoms with E-state index in [9.17, 15) is 13.6 Å². The number of hydrogen-bond acceptors (Lipinski definition) is 1. The third kappa shape index (κ3) is 1.81. The number of carbonyl (C=O) groups is 1. The van der Waals surface area contributed by atoms with Crippen LogP contribution in [0.4, 0.5) is 14.5 Å². The maximum absolute atomic E-state index is 13.8. The van der Waals surface area contributed by atoms with Gasteiger partial charge in [0.1, 0.15) is 0 Å². The van der Waals surface area contributed by atoms with Gasteiger partial charge in [-0.15, -0.1) is 0 Å². The Kier molecular flexibility index (Phi) is 2.68. The number of halogens is 2. The summed E-state index contributed by atoms with van der Waals surface area (Å²) in [6.07, 6.45) is 0.216. The van der Waals surface area contributed by atoms with E-state index in [1.807, 2.05) is 0 Å². The van der Waals surface area contributed by atoms with Gasteiger partial charge in [0.05, 0.1) is 6.42 Å². The number of benzene rings is 1. The molecule has 1 aliphatic rings. The van der Waals surface area contributed by atoms with Crippen molar-refractivity contribution in [2.75, 3.05) is 11.9 Å². The van der Waals surface area contributed by atoms with Crippen LogP contribution < -0.4 is 4.90 Å². The smallest absolute Gasteiger partial charge is 0.275 e. The molecule has 0 N–H and O–H groups in total. The first-order valence-electron chi connectivity index (χ1n) is 5.62. The molecular weight excluding hydrogens is 224 g/mol. The van der Waals surface area contributed by atoms with Crippen LogP contribution in [-0.4, -0.2) is 13.0 Å². The van der Waals surface area contributed by atoms with Crippen molar-refractivity contribution < 1.29 is 13.6 Å². The van der Waals surface area contributed by atoms with Gasteiger partial charge in [0.25, 0.3) is 5.92 Å². The summed E-state index contributed by atoms with van der Waals surface area (Å²) in [4.78, 5) is 13.0. The SMILES string of the molecule is CC(C)C(F)(F)c1ccc2c(c1)CC(=O)N2C. The second-order valence-electron chi connectivity index (χ2n) is 4.75.